The van der Waals surface area contributed by atoms with E-state index >= 15 is 0 Å². The maximum Gasteiger partial charge on any atom is 0.317 e. The van der Waals surface area contributed by atoms with Crippen molar-refractivity contribution in [1.29, 1.82) is 0 Å². The van der Waals surface area contributed by atoms with E-state index in [9.17, 15) is 9.59 Å². The van der Waals surface area contributed by atoms with Gasteiger partial charge in [-0.3, -0.25) is 4.79 Å². The second-order valence-corrected chi connectivity index (χ2v) is 5.83. The number of carbonyl (C=O) groups is 2. The van der Waals surface area contributed by atoms with E-state index in [0.29, 0.717) is 12.5 Å². The van der Waals surface area contributed by atoms with Gasteiger partial charge in [0.05, 0.1) is 5.92 Å². The zero-order valence-corrected chi connectivity index (χ0v) is 11.6. The van der Waals surface area contributed by atoms with Gasteiger partial charge in [-0.15, -0.1) is 0 Å². The molecule has 2 aliphatic carbocycles. The second kappa shape index (κ2) is 6.26. The molecule has 2 amide bonds. The van der Waals surface area contributed by atoms with Crippen LogP contribution in [0.5, 0.6) is 0 Å². The average Bonchev–Trinajstić information content (AvgIpc) is 2.87. The van der Waals surface area contributed by atoms with Gasteiger partial charge < -0.3 is 15.3 Å². The smallest absolute Gasteiger partial charge is 0.317 e. The van der Waals surface area contributed by atoms with Gasteiger partial charge in [0.1, 0.15) is 0 Å². The van der Waals surface area contributed by atoms with Crippen LogP contribution in [0.25, 0.3) is 0 Å². The van der Waals surface area contributed by atoms with Crippen LogP contribution in [0.1, 0.15) is 51.4 Å². The largest absolute Gasteiger partial charge is 0.481 e. The lowest BCUT2D eigenvalue weighted by atomic mass is 9.94. The highest BCUT2D eigenvalue weighted by atomic mass is 16.4. The quantitative estimate of drug-likeness (QED) is 0.824. The van der Waals surface area contributed by atoms with Crippen molar-refractivity contribution in [3.63, 3.8) is 0 Å². The third-order valence-corrected chi connectivity index (χ3v) is 4.58. The van der Waals surface area contributed by atoms with E-state index in [0.717, 1.165) is 25.7 Å². The van der Waals surface area contributed by atoms with Gasteiger partial charge in [0.25, 0.3) is 0 Å². The van der Waals surface area contributed by atoms with Crippen molar-refractivity contribution in [2.75, 3.05) is 7.05 Å². The summed E-state index contributed by atoms with van der Waals surface area (Å²) in [7, 11) is 1.83. The van der Waals surface area contributed by atoms with Crippen molar-refractivity contribution in [1.82, 2.24) is 10.2 Å². The molecule has 2 unspecified atom stereocenters. The lowest BCUT2D eigenvalue weighted by Crippen LogP contribution is -2.49. The highest BCUT2D eigenvalue weighted by Crippen LogP contribution is 2.27. The van der Waals surface area contributed by atoms with Gasteiger partial charge in [0.2, 0.25) is 0 Å². The number of rotatable bonds is 3. The summed E-state index contributed by atoms with van der Waals surface area (Å²) >= 11 is 0. The monoisotopic (exact) mass is 268 g/mol. The van der Waals surface area contributed by atoms with Gasteiger partial charge in [0.15, 0.2) is 0 Å². The summed E-state index contributed by atoms with van der Waals surface area (Å²) in [6.07, 6.45) is 8.10. The van der Waals surface area contributed by atoms with Crippen LogP contribution < -0.4 is 5.32 Å². The number of aliphatic carboxylic acids is 1. The summed E-state index contributed by atoms with van der Waals surface area (Å²) in [4.78, 5) is 25.1. The number of urea groups is 1. The molecule has 0 spiro atoms. The molecule has 0 bridgehead atoms. The minimum absolute atomic E-state index is 0.106. The Balaban J connectivity index is 1.87. The van der Waals surface area contributed by atoms with E-state index in [1.807, 2.05) is 7.05 Å². The summed E-state index contributed by atoms with van der Waals surface area (Å²) in [5.74, 6) is -1.20. The van der Waals surface area contributed by atoms with Gasteiger partial charge >= 0.3 is 12.0 Å². The fraction of sp³-hybridized carbons (Fsp3) is 0.857. The Hall–Kier alpha value is -1.26. The Kier molecular flexibility index (Phi) is 4.66. The summed E-state index contributed by atoms with van der Waals surface area (Å²) in [5, 5.41) is 12.0. The van der Waals surface area contributed by atoms with Crippen molar-refractivity contribution in [3.05, 3.63) is 0 Å². The standard InChI is InChI=1S/C14H24N2O3/c1-16(10-6-3-2-4-7-10)14(19)15-12-9-5-8-11(12)13(17)18/h10-12H,2-9H2,1H3,(H,15,19)(H,17,18). The number of carboxylic acids is 1. The molecular weight excluding hydrogens is 244 g/mol. The van der Waals surface area contributed by atoms with E-state index in [-0.39, 0.29) is 12.1 Å². The Morgan fingerprint density at radius 2 is 1.74 bits per heavy atom. The highest BCUT2D eigenvalue weighted by Gasteiger charge is 2.35. The lowest BCUT2D eigenvalue weighted by Gasteiger charge is -2.32. The summed E-state index contributed by atoms with van der Waals surface area (Å²) in [6.45, 7) is 0. The molecule has 0 heterocycles. The molecule has 0 radical (unpaired) electrons. The van der Waals surface area contributed by atoms with E-state index in [1.54, 1.807) is 4.90 Å². The van der Waals surface area contributed by atoms with Crippen LogP contribution in [0.4, 0.5) is 4.79 Å². The number of hydrogen-bond donors (Lipinski definition) is 2. The topological polar surface area (TPSA) is 69.6 Å². The van der Waals surface area contributed by atoms with Gasteiger partial charge in [-0.25, -0.2) is 4.79 Å². The Bertz CT molecular complexity index is 340. The number of nitrogens with zero attached hydrogens (tertiary/aromatic N) is 1. The molecule has 5 heteroatoms. The maximum absolute atomic E-state index is 12.2. The third-order valence-electron chi connectivity index (χ3n) is 4.58. The number of amides is 2. The molecule has 0 aromatic heterocycles. The predicted molar refractivity (Wildman–Crippen MR) is 71.9 cm³/mol. The normalized spacial score (nSPS) is 28.1. The highest BCUT2D eigenvalue weighted by molar-refractivity contribution is 5.77. The van der Waals surface area contributed by atoms with Gasteiger partial charge in [0, 0.05) is 19.1 Å². The van der Waals surface area contributed by atoms with Crippen LogP contribution in [-0.2, 0) is 4.79 Å². The zero-order chi connectivity index (χ0) is 13.8. The fourth-order valence-electron chi connectivity index (χ4n) is 3.32. The molecule has 2 fully saturated rings. The molecule has 0 aromatic rings. The van der Waals surface area contributed by atoms with Gasteiger partial charge in [-0.1, -0.05) is 25.7 Å². The van der Waals surface area contributed by atoms with Crippen molar-refractivity contribution in [2.45, 2.75) is 63.5 Å². The molecule has 2 saturated carbocycles. The Morgan fingerprint density at radius 1 is 1.05 bits per heavy atom. The van der Waals surface area contributed by atoms with Gasteiger partial charge in [-0.05, 0) is 25.7 Å². The average molecular weight is 268 g/mol. The molecular formula is C14H24N2O3. The molecule has 2 aliphatic rings. The molecule has 5 nitrogen and oxygen atoms in total. The molecule has 2 N–H and O–H groups in total. The first-order valence-electron chi connectivity index (χ1n) is 7.35. The van der Waals surface area contributed by atoms with Crippen molar-refractivity contribution in [2.24, 2.45) is 5.92 Å². The molecule has 2 atom stereocenters. The van der Waals surface area contributed by atoms with Crippen LogP contribution in [0.3, 0.4) is 0 Å². The summed E-state index contributed by atoms with van der Waals surface area (Å²) < 4.78 is 0. The fourth-order valence-corrected chi connectivity index (χ4v) is 3.32. The van der Waals surface area contributed by atoms with E-state index < -0.39 is 11.9 Å². The molecule has 19 heavy (non-hydrogen) atoms. The molecule has 108 valence electrons. The van der Waals surface area contributed by atoms with Crippen LogP contribution in [0.15, 0.2) is 0 Å². The molecule has 0 saturated heterocycles. The SMILES string of the molecule is CN(C(=O)NC1CCCC1C(=O)O)C1CCCCC1. The van der Waals surface area contributed by atoms with Crippen LogP contribution in [0.2, 0.25) is 0 Å². The predicted octanol–water partition coefficient (Wildman–Crippen LogP) is 2.21. The zero-order valence-electron chi connectivity index (χ0n) is 11.6. The van der Waals surface area contributed by atoms with Gasteiger partial charge in [-0.2, -0.15) is 0 Å². The maximum atomic E-state index is 12.2. The van der Waals surface area contributed by atoms with Crippen LogP contribution >= 0.6 is 0 Å². The number of carboxylic acid groups (broad SMARTS) is 1. The van der Waals surface area contributed by atoms with E-state index in [4.69, 9.17) is 5.11 Å². The summed E-state index contributed by atoms with van der Waals surface area (Å²) in [5.41, 5.74) is 0. The Morgan fingerprint density at radius 3 is 2.37 bits per heavy atom. The molecule has 2 rings (SSSR count). The summed E-state index contributed by atoms with van der Waals surface area (Å²) in [6, 6.07) is 0.0134. The van der Waals surface area contributed by atoms with E-state index in [1.165, 1.54) is 19.3 Å². The van der Waals surface area contributed by atoms with Crippen LogP contribution in [0, 0.1) is 5.92 Å². The first kappa shape index (κ1) is 14.2. The molecule has 0 aromatic carbocycles. The minimum Gasteiger partial charge on any atom is -0.481 e. The number of nitrogens with one attached hydrogen (secondary N) is 1. The first-order valence-corrected chi connectivity index (χ1v) is 7.35. The molecule has 0 aliphatic heterocycles. The second-order valence-electron chi connectivity index (χ2n) is 5.83. The van der Waals surface area contributed by atoms with Crippen LogP contribution in [-0.4, -0.2) is 41.1 Å². The first-order chi connectivity index (χ1) is 9.09. The number of carbonyl (C=O) groups excluding carboxylic acids is 1. The van der Waals surface area contributed by atoms with Crippen molar-refractivity contribution in [3.8, 4) is 0 Å². The van der Waals surface area contributed by atoms with E-state index in [2.05, 4.69) is 5.32 Å². The Labute approximate surface area is 114 Å². The van der Waals surface area contributed by atoms with Crippen molar-refractivity contribution < 1.29 is 14.7 Å². The lowest BCUT2D eigenvalue weighted by molar-refractivity contribution is -0.142. The number of hydrogen-bond acceptors (Lipinski definition) is 2. The third kappa shape index (κ3) is 3.39. The minimum atomic E-state index is -0.789. The van der Waals surface area contributed by atoms with Crippen molar-refractivity contribution >= 4 is 12.0 Å².